The van der Waals surface area contributed by atoms with E-state index < -0.39 is 16.1 Å². The molecule has 0 unspecified atom stereocenters. The number of ether oxygens (including phenoxy) is 1. The fraction of sp³-hybridized carbons (Fsp3) is 0.550. The van der Waals surface area contributed by atoms with Crippen LogP contribution in [0.3, 0.4) is 0 Å². The average molecular weight is 491 g/mol. The van der Waals surface area contributed by atoms with E-state index >= 15 is 0 Å². The third-order valence-electron chi connectivity index (χ3n) is 5.42. The number of nitrogens with one attached hydrogen (secondary N) is 1. The standard InChI is InChI=1S/C20H28Cl2N4O4S/c1-13-20(14(2)25(3)24-13)31(28,29)23-11-15(27)12-26-8-6-16(7-9-26)30-17-4-5-18(21)19(22)10-17/h4-5,10,15-16,23,27H,6-9,11-12H2,1-3H3/t15-/m1/s1. The van der Waals surface area contributed by atoms with Crippen LogP contribution >= 0.6 is 23.2 Å². The molecule has 8 nitrogen and oxygen atoms in total. The number of aliphatic hydroxyl groups excluding tert-OH is 1. The van der Waals surface area contributed by atoms with E-state index in [0.29, 0.717) is 33.7 Å². The predicted octanol–water partition coefficient (Wildman–Crippen LogP) is 2.53. The van der Waals surface area contributed by atoms with Crippen molar-refractivity contribution in [3.05, 3.63) is 39.6 Å². The van der Waals surface area contributed by atoms with Gasteiger partial charge in [0.15, 0.2) is 0 Å². The monoisotopic (exact) mass is 490 g/mol. The highest BCUT2D eigenvalue weighted by Gasteiger charge is 2.26. The molecule has 1 saturated heterocycles. The summed E-state index contributed by atoms with van der Waals surface area (Å²) < 4.78 is 35.3. The number of sulfonamides is 1. The number of hydrogen-bond donors (Lipinski definition) is 2. The first kappa shape index (κ1) is 24.3. The highest BCUT2D eigenvalue weighted by molar-refractivity contribution is 7.89. The molecule has 2 N–H and O–H groups in total. The molecule has 11 heteroatoms. The van der Waals surface area contributed by atoms with Gasteiger partial charge in [0.25, 0.3) is 0 Å². The Hall–Kier alpha value is -1.36. The Bertz CT molecular complexity index is 1020. The maximum atomic E-state index is 12.6. The molecule has 1 fully saturated rings. The van der Waals surface area contributed by atoms with Crippen molar-refractivity contribution in [1.82, 2.24) is 19.4 Å². The summed E-state index contributed by atoms with van der Waals surface area (Å²) in [5.41, 5.74) is 0.995. The minimum atomic E-state index is -3.74. The number of aliphatic hydroxyl groups is 1. The number of benzene rings is 1. The Balaban J connectivity index is 1.45. The summed E-state index contributed by atoms with van der Waals surface area (Å²) >= 11 is 12.0. The van der Waals surface area contributed by atoms with Crippen molar-refractivity contribution < 1.29 is 18.3 Å². The van der Waals surface area contributed by atoms with Gasteiger partial charge in [0, 0.05) is 39.3 Å². The normalized spacial score (nSPS) is 17.1. The predicted molar refractivity (Wildman–Crippen MR) is 120 cm³/mol. The zero-order valence-corrected chi connectivity index (χ0v) is 20.1. The number of nitrogens with zero attached hydrogens (tertiary/aromatic N) is 3. The summed E-state index contributed by atoms with van der Waals surface area (Å²) in [4.78, 5) is 2.27. The van der Waals surface area contributed by atoms with Crippen LogP contribution in [0.5, 0.6) is 5.75 Å². The van der Waals surface area contributed by atoms with Gasteiger partial charge in [-0.2, -0.15) is 5.10 Å². The number of aryl methyl sites for hydroxylation is 2. The number of piperidine rings is 1. The van der Waals surface area contributed by atoms with Gasteiger partial charge in [0.2, 0.25) is 10.0 Å². The van der Waals surface area contributed by atoms with E-state index in [1.165, 1.54) is 4.68 Å². The Morgan fingerprint density at radius 2 is 1.94 bits per heavy atom. The van der Waals surface area contributed by atoms with Crippen molar-refractivity contribution in [3.8, 4) is 5.75 Å². The molecule has 2 aromatic rings. The topological polar surface area (TPSA) is 96.7 Å². The van der Waals surface area contributed by atoms with Crippen molar-refractivity contribution in [2.75, 3.05) is 26.2 Å². The lowest BCUT2D eigenvalue weighted by Crippen LogP contribution is -2.45. The lowest BCUT2D eigenvalue weighted by Gasteiger charge is -2.33. The second kappa shape index (κ2) is 10.1. The van der Waals surface area contributed by atoms with E-state index in [1.54, 1.807) is 39.1 Å². The first-order valence-corrected chi connectivity index (χ1v) is 12.3. The van der Waals surface area contributed by atoms with Crippen LogP contribution in [0.1, 0.15) is 24.2 Å². The van der Waals surface area contributed by atoms with Gasteiger partial charge >= 0.3 is 0 Å². The Morgan fingerprint density at radius 3 is 2.52 bits per heavy atom. The molecule has 31 heavy (non-hydrogen) atoms. The summed E-state index contributed by atoms with van der Waals surface area (Å²) in [6, 6.07) is 5.21. The van der Waals surface area contributed by atoms with Crippen LogP contribution in [-0.2, 0) is 17.1 Å². The molecule has 172 valence electrons. The molecule has 0 saturated carbocycles. The largest absolute Gasteiger partial charge is 0.490 e. The van der Waals surface area contributed by atoms with Crippen LogP contribution in [0.4, 0.5) is 0 Å². The van der Waals surface area contributed by atoms with Gasteiger partial charge in [0.05, 0.1) is 27.5 Å². The highest BCUT2D eigenvalue weighted by atomic mass is 35.5. The van der Waals surface area contributed by atoms with Crippen LogP contribution in [0.25, 0.3) is 0 Å². The molecule has 3 rings (SSSR count). The molecule has 1 aliphatic heterocycles. The van der Waals surface area contributed by atoms with Crippen LogP contribution in [0, 0.1) is 13.8 Å². The lowest BCUT2D eigenvalue weighted by molar-refractivity contribution is 0.0630. The van der Waals surface area contributed by atoms with Crippen LogP contribution in [0.15, 0.2) is 23.1 Å². The smallest absolute Gasteiger partial charge is 0.244 e. The van der Waals surface area contributed by atoms with Crippen molar-refractivity contribution in [2.24, 2.45) is 7.05 Å². The van der Waals surface area contributed by atoms with E-state index in [4.69, 9.17) is 27.9 Å². The SMILES string of the molecule is Cc1nn(C)c(C)c1S(=O)(=O)NC[C@@H](O)CN1CCC(Oc2ccc(Cl)c(Cl)c2)CC1. The molecular weight excluding hydrogens is 463 g/mol. The van der Waals surface area contributed by atoms with Crippen molar-refractivity contribution in [1.29, 1.82) is 0 Å². The maximum absolute atomic E-state index is 12.6. The van der Waals surface area contributed by atoms with Crippen LogP contribution in [0.2, 0.25) is 10.0 Å². The Morgan fingerprint density at radius 1 is 1.26 bits per heavy atom. The van der Waals surface area contributed by atoms with Crippen molar-refractivity contribution in [2.45, 2.75) is 43.8 Å². The van der Waals surface area contributed by atoms with Gasteiger partial charge in [-0.05, 0) is 38.8 Å². The van der Waals surface area contributed by atoms with Gasteiger partial charge in [-0.3, -0.25) is 4.68 Å². The Labute approximate surface area is 193 Å². The number of rotatable bonds is 8. The summed E-state index contributed by atoms with van der Waals surface area (Å²) in [6.07, 6.45) is 0.833. The molecule has 0 radical (unpaired) electrons. The van der Waals surface area contributed by atoms with E-state index in [9.17, 15) is 13.5 Å². The summed E-state index contributed by atoms with van der Waals surface area (Å²) in [6.45, 7) is 5.17. The first-order chi connectivity index (χ1) is 14.6. The fourth-order valence-corrected chi connectivity index (χ4v) is 5.53. The van der Waals surface area contributed by atoms with Crippen molar-refractivity contribution in [3.63, 3.8) is 0 Å². The summed E-state index contributed by atoms with van der Waals surface area (Å²) in [7, 11) is -2.04. The van der Waals surface area contributed by atoms with Gasteiger partial charge in [-0.25, -0.2) is 13.1 Å². The molecule has 1 aromatic carbocycles. The van der Waals surface area contributed by atoms with E-state index in [0.717, 1.165) is 25.9 Å². The van der Waals surface area contributed by atoms with Crippen LogP contribution in [-0.4, -0.2) is 66.6 Å². The lowest BCUT2D eigenvalue weighted by atomic mass is 10.1. The molecule has 1 aromatic heterocycles. The number of aromatic nitrogens is 2. The molecule has 0 bridgehead atoms. The Kier molecular flexibility index (Phi) is 7.88. The number of β-amino-alcohol motifs (C(OH)–C–C–N with tert-alkyl or cyclic N) is 1. The summed E-state index contributed by atoms with van der Waals surface area (Å²) in [5.74, 6) is 0.684. The molecule has 0 aliphatic carbocycles. The fourth-order valence-electron chi connectivity index (χ4n) is 3.74. The van der Waals surface area contributed by atoms with Gasteiger partial charge in [0.1, 0.15) is 16.7 Å². The molecule has 2 heterocycles. The second-order valence-electron chi connectivity index (χ2n) is 7.82. The molecular formula is C20H28Cl2N4O4S. The second-order valence-corrected chi connectivity index (χ2v) is 10.3. The number of likely N-dealkylation sites (tertiary alicyclic amines) is 1. The third-order valence-corrected chi connectivity index (χ3v) is 7.83. The van der Waals surface area contributed by atoms with Crippen LogP contribution < -0.4 is 9.46 Å². The first-order valence-electron chi connectivity index (χ1n) is 10.1. The van der Waals surface area contributed by atoms with E-state index in [2.05, 4.69) is 14.7 Å². The molecule has 0 spiro atoms. The van der Waals surface area contributed by atoms with E-state index in [1.807, 2.05) is 0 Å². The molecule has 1 aliphatic rings. The van der Waals surface area contributed by atoms with Gasteiger partial charge in [-0.1, -0.05) is 23.2 Å². The minimum absolute atomic E-state index is 0.0562. The zero-order valence-electron chi connectivity index (χ0n) is 17.8. The summed E-state index contributed by atoms with van der Waals surface area (Å²) in [5, 5.41) is 15.5. The van der Waals surface area contributed by atoms with Gasteiger partial charge in [-0.15, -0.1) is 0 Å². The highest BCUT2D eigenvalue weighted by Crippen LogP contribution is 2.28. The maximum Gasteiger partial charge on any atom is 0.244 e. The van der Waals surface area contributed by atoms with Crippen molar-refractivity contribution >= 4 is 33.2 Å². The van der Waals surface area contributed by atoms with Gasteiger partial charge < -0.3 is 14.7 Å². The average Bonchev–Trinajstić information content (AvgIpc) is 2.97. The molecule has 1 atom stereocenters. The van der Waals surface area contributed by atoms with E-state index in [-0.39, 0.29) is 17.5 Å². The zero-order chi connectivity index (χ0) is 22.8. The minimum Gasteiger partial charge on any atom is -0.490 e. The number of hydrogen-bond acceptors (Lipinski definition) is 6. The number of halogens is 2. The molecule has 0 amide bonds. The third kappa shape index (κ3) is 6.12. The quantitative estimate of drug-likeness (QED) is 0.589.